The van der Waals surface area contributed by atoms with Crippen LogP contribution in [0, 0.1) is 0 Å². The molecule has 0 saturated heterocycles. The first kappa shape index (κ1) is 20.0. The lowest BCUT2D eigenvalue weighted by Crippen LogP contribution is -2.29. The fourth-order valence-corrected chi connectivity index (χ4v) is 3.45. The molecule has 0 bridgehead atoms. The van der Waals surface area contributed by atoms with Crippen LogP contribution in [0.1, 0.15) is 47.8 Å². The Morgan fingerprint density at radius 2 is 1.45 bits per heavy atom. The number of carbonyl (C=O) groups excluding carboxylic acids is 4. The summed E-state index contributed by atoms with van der Waals surface area (Å²) in [6, 6.07) is 18.4. The number of ketones is 2. The van der Waals surface area contributed by atoms with Gasteiger partial charge in [-0.25, -0.2) is 4.79 Å². The van der Waals surface area contributed by atoms with Crippen molar-refractivity contribution in [1.29, 1.82) is 0 Å². The van der Waals surface area contributed by atoms with Gasteiger partial charge in [-0.1, -0.05) is 54.6 Å². The third-order valence-corrected chi connectivity index (χ3v) is 5.02. The highest BCUT2D eigenvalue weighted by Crippen LogP contribution is 2.32. The fourth-order valence-electron chi connectivity index (χ4n) is 3.45. The maximum absolute atomic E-state index is 12.9. The summed E-state index contributed by atoms with van der Waals surface area (Å²) in [5.41, 5.74) is 7.42. The Hall–Kier alpha value is -4.26. The van der Waals surface area contributed by atoms with Crippen molar-refractivity contribution in [3.8, 4) is 0 Å². The maximum atomic E-state index is 12.9. The van der Waals surface area contributed by atoms with Crippen molar-refractivity contribution in [3.05, 3.63) is 100 Å². The monoisotopic (exact) mass is 414 g/mol. The Morgan fingerprint density at radius 1 is 0.806 bits per heavy atom. The molecular weight excluding hydrogens is 396 g/mol. The highest BCUT2D eigenvalue weighted by atomic mass is 16.5. The van der Waals surface area contributed by atoms with Gasteiger partial charge in [0.1, 0.15) is 0 Å². The number of carbonyl (C=O) groups is 4. The van der Waals surface area contributed by atoms with Crippen molar-refractivity contribution in [2.24, 2.45) is 0 Å². The number of nitrogens with two attached hydrogens (primary N) is 1. The van der Waals surface area contributed by atoms with Crippen LogP contribution in [0.5, 0.6) is 0 Å². The van der Waals surface area contributed by atoms with Gasteiger partial charge in [-0.3, -0.25) is 14.4 Å². The number of rotatable bonds is 5. The molecule has 0 atom stereocenters. The third kappa shape index (κ3) is 3.81. The van der Waals surface area contributed by atoms with E-state index in [0.29, 0.717) is 12.1 Å². The van der Waals surface area contributed by atoms with Crippen molar-refractivity contribution in [1.82, 2.24) is 5.32 Å². The SMILES string of the molecule is Nc1c(C(=O)OCC(=O)NCc2ccccc2)ccc2c1C(=O)c1ccccc1C2=O. The van der Waals surface area contributed by atoms with Crippen molar-refractivity contribution in [3.63, 3.8) is 0 Å². The van der Waals surface area contributed by atoms with Crippen LogP contribution in [0.2, 0.25) is 0 Å². The molecule has 3 N–H and O–H groups in total. The van der Waals surface area contributed by atoms with Gasteiger partial charge in [0.05, 0.1) is 16.8 Å². The van der Waals surface area contributed by atoms with Crippen molar-refractivity contribution >= 4 is 29.1 Å². The summed E-state index contributed by atoms with van der Waals surface area (Å²) in [6.07, 6.45) is 0. The standard InChI is InChI=1S/C24H18N2O5/c25-21-18(24(30)31-13-19(27)26-12-14-6-2-1-3-7-14)11-10-17-20(21)23(29)16-9-5-4-8-15(16)22(17)28/h1-11H,12-13,25H2,(H,26,27). The molecule has 154 valence electrons. The average molecular weight is 414 g/mol. The molecule has 7 nitrogen and oxygen atoms in total. The second kappa shape index (κ2) is 8.23. The maximum Gasteiger partial charge on any atom is 0.340 e. The van der Waals surface area contributed by atoms with Gasteiger partial charge in [0.25, 0.3) is 5.91 Å². The number of hydrogen-bond acceptors (Lipinski definition) is 6. The smallest absolute Gasteiger partial charge is 0.340 e. The van der Waals surface area contributed by atoms with Crippen LogP contribution in [0.4, 0.5) is 5.69 Å². The van der Waals surface area contributed by atoms with Crippen molar-refractivity contribution < 1.29 is 23.9 Å². The van der Waals surface area contributed by atoms with Crippen LogP contribution in [0.15, 0.2) is 66.7 Å². The lowest BCUT2D eigenvalue weighted by atomic mass is 9.82. The van der Waals surface area contributed by atoms with E-state index in [1.807, 2.05) is 30.3 Å². The molecule has 1 amide bonds. The summed E-state index contributed by atoms with van der Waals surface area (Å²) < 4.78 is 5.05. The Morgan fingerprint density at radius 3 is 2.16 bits per heavy atom. The number of nitrogens with one attached hydrogen (secondary N) is 1. The van der Waals surface area contributed by atoms with Crippen LogP contribution < -0.4 is 11.1 Å². The fraction of sp³-hybridized carbons (Fsp3) is 0.0833. The minimum Gasteiger partial charge on any atom is -0.452 e. The number of nitrogen functional groups attached to an aromatic ring is 1. The second-order valence-corrected chi connectivity index (χ2v) is 6.99. The van der Waals surface area contributed by atoms with Crippen LogP contribution >= 0.6 is 0 Å². The Balaban J connectivity index is 1.48. The van der Waals surface area contributed by atoms with E-state index < -0.39 is 24.3 Å². The first-order valence-electron chi connectivity index (χ1n) is 9.56. The number of ether oxygens (including phenoxy) is 1. The van der Waals surface area contributed by atoms with E-state index in [2.05, 4.69) is 5.32 Å². The van der Waals surface area contributed by atoms with Gasteiger partial charge in [0, 0.05) is 23.2 Å². The lowest BCUT2D eigenvalue weighted by molar-refractivity contribution is -0.124. The summed E-state index contributed by atoms with van der Waals surface area (Å²) >= 11 is 0. The van der Waals surface area contributed by atoms with Gasteiger partial charge in [-0.05, 0) is 17.7 Å². The summed E-state index contributed by atoms with van der Waals surface area (Å²) in [6.45, 7) is -0.202. The molecular formula is C24H18N2O5. The molecule has 0 saturated carbocycles. The van der Waals surface area contributed by atoms with Gasteiger partial charge in [-0.2, -0.15) is 0 Å². The topological polar surface area (TPSA) is 116 Å². The molecule has 0 spiro atoms. The molecule has 0 aromatic heterocycles. The summed E-state index contributed by atoms with van der Waals surface area (Å²) in [4.78, 5) is 50.1. The predicted octanol–water partition coefficient (Wildman–Crippen LogP) is 2.52. The highest BCUT2D eigenvalue weighted by molar-refractivity contribution is 6.30. The number of amides is 1. The van der Waals surface area contributed by atoms with Gasteiger partial charge >= 0.3 is 5.97 Å². The Kier molecular flexibility index (Phi) is 5.32. The quantitative estimate of drug-likeness (QED) is 0.383. The van der Waals surface area contributed by atoms with Crippen molar-refractivity contribution in [2.45, 2.75) is 6.54 Å². The molecule has 31 heavy (non-hydrogen) atoms. The zero-order valence-electron chi connectivity index (χ0n) is 16.4. The molecule has 1 aliphatic rings. The van der Waals surface area contributed by atoms with Gasteiger partial charge in [0.2, 0.25) is 0 Å². The number of benzene rings is 3. The van der Waals surface area contributed by atoms with E-state index in [1.54, 1.807) is 24.3 Å². The molecule has 3 aromatic rings. The van der Waals surface area contributed by atoms with E-state index in [0.717, 1.165) is 5.56 Å². The number of hydrogen-bond donors (Lipinski definition) is 2. The van der Waals surface area contributed by atoms with Crippen molar-refractivity contribution in [2.75, 3.05) is 12.3 Å². The van der Waals surface area contributed by atoms with E-state index in [4.69, 9.17) is 10.5 Å². The largest absolute Gasteiger partial charge is 0.452 e. The van der Waals surface area contributed by atoms with E-state index in [9.17, 15) is 19.2 Å². The van der Waals surface area contributed by atoms with Gasteiger partial charge in [0.15, 0.2) is 18.2 Å². The van der Waals surface area contributed by atoms with Crippen LogP contribution in [0.3, 0.4) is 0 Å². The molecule has 0 unspecified atom stereocenters. The summed E-state index contributed by atoms with van der Waals surface area (Å²) in [7, 11) is 0. The van der Waals surface area contributed by atoms with Gasteiger partial charge < -0.3 is 15.8 Å². The zero-order chi connectivity index (χ0) is 22.0. The third-order valence-electron chi connectivity index (χ3n) is 5.02. The normalized spacial score (nSPS) is 12.0. The number of fused-ring (bicyclic) bond motifs is 2. The Bertz CT molecular complexity index is 1220. The second-order valence-electron chi connectivity index (χ2n) is 6.99. The minimum absolute atomic E-state index is 0.0216. The van der Waals surface area contributed by atoms with E-state index in [1.165, 1.54) is 12.1 Å². The summed E-state index contributed by atoms with van der Waals surface area (Å²) in [5.74, 6) is -2.10. The minimum atomic E-state index is -0.853. The number of esters is 1. The zero-order valence-corrected chi connectivity index (χ0v) is 16.4. The molecule has 3 aromatic carbocycles. The van der Waals surface area contributed by atoms with Gasteiger partial charge in [-0.15, -0.1) is 0 Å². The molecule has 0 fully saturated rings. The van der Waals surface area contributed by atoms with Crippen LogP contribution in [-0.2, 0) is 16.1 Å². The Labute approximate surface area is 177 Å². The highest BCUT2D eigenvalue weighted by Gasteiger charge is 2.33. The van der Waals surface area contributed by atoms with Crippen LogP contribution in [-0.4, -0.2) is 30.0 Å². The molecule has 4 rings (SSSR count). The molecule has 0 radical (unpaired) electrons. The lowest BCUT2D eigenvalue weighted by Gasteiger charge is -2.20. The van der Waals surface area contributed by atoms with E-state index >= 15 is 0 Å². The number of anilines is 1. The van der Waals surface area contributed by atoms with E-state index in [-0.39, 0.29) is 33.7 Å². The first-order valence-corrected chi connectivity index (χ1v) is 9.56. The van der Waals surface area contributed by atoms with Crippen LogP contribution in [0.25, 0.3) is 0 Å². The predicted molar refractivity (Wildman–Crippen MR) is 113 cm³/mol. The molecule has 1 aliphatic carbocycles. The molecule has 7 heteroatoms. The average Bonchev–Trinajstić information content (AvgIpc) is 2.80. The molecule has 0 heterocycles. The summed E-state index contributed by atoms with van der Waals surface area (Å²) in [5, 5.41) is 2.65. The molecule has 0 aliphatic heterocycles. The first-order chi connectivity index (χ1) is 15.0.